The number of ether oxygens (including phenoxy) is 2. The Morgan fingerprint density at radius 1 is 1.14 bits per heavy atom. The first-order chi connectivity index (χ1) is 10.8. The lowest BCUT2D eigenvalue weighted by atomic mass is 10.1. The van der Waals surface area contributed by atoms with Crippen molar-refractivity contribution in [1.29, 1.82) is 0 Å². The number of anilines is 1. The molecular formula is C18H25NO3. The molecule has 0 spiro atoms. The zero-order valence-electron chi connectivity index (χ0n) is 13.3. The number of allylic oxidation sites excluding steroid dienone is 1. The van der Waals surface area contributed by atoms with E-state index in [1.54, 1.807) is 12.1 Å². The van der Waals surface area contributed by atoms with Gasteiger partial charge in [-0.3, -0.25) is 4.79 Å². The average molecular weight is 303 g/mol. The van der Waals surface area contributed by atoms with Crippen LogP contribution in [0.5, 0.6) is 11.5 Å². The highest BCUT2D eigenvalue weighted by Crippen LogP contribution is 2.32. The SMILES string of the molecule is CCCCCCC/C=C/C(=O)Nc1ccc2c(c1)OCCO2. The summed E-state index contributed by atoms with van der Waals surface area (Å²) in [5.41, 5.74) is 0.724. The lowest BCUT2D eigenvalue weighted by Crippen LogP contribution is -2.16. The maximum Gasteiger partial charge on any atom is 0.248 e. The van der Waals surface area contributed by atoms with Crippen molar-refractivity contribution in [2.24, 2.45) is 0 Å². The van der Waals surface area contributed by atoms with E-state index in [9.17, 15) is 4.79 Å². The van der Waals surface area contributed by atoms with Crippen LogP contribution in [0.3, 0.4) is 0 Å². The molecular weight excluding hydrogens is 278 g/mol. The van der Waals surface area contributed by atoms with Crippen molar-refractivity contribution in [2.75, 3.05) is 18.5 Å². The Morgan fingerprint density at radius 3 is 2.73 bits per heavy atom. The van der Waals surface area contributed by atoms with E-state index in [2.05, 4.69) is 12.2 Å². The van der Waals surface area contributed by atoms with Gasteiger partial charge in [0.15, 0.2) is 11.5 Å². The first kappa shape index (κ1) is 16.4. The first-order valence-electron chi connectivity index (χ1n) is 8.17. The van der Waals surface area contributed by atoms with Crippen molar-refractivity contribution in [1.82, 2.24) is 0 Å². The minimum Gasteiger partial charge on any atom is -0.486 e. The third-order valence-corrected chi connectivity index (χ3v) is 3.55. The molecule has 1 heterocycles. The topological polar surface area (TPSA) is 47.6 Å². The number of hydrogen-bond acceptors (Lipinski definition) is 3. The van der Waals surface area contributed by atoms with Crippen molar-refractivity contribution < 1.29 is 14.3 Å². The number of unbranched alkanes of at least 4 members (excludes halogenated alkanes) is 5. The van der Waals surface area contributed by atoms with Crippen LogP contribution in [-0.4, -0.2) is 19.1 Å². The summed E-state index contributed by atoms with van der Waals surface area (Å²) in [6.07, 6.45) is 10.7. The molecule has 0 radical (unpaired) electrons. The van der Waals surface area contributed by atoms with E-state index in [0.717, 1.165) is 24.3 Å². The van der Waals surface area contributed by atoms with Crippen LogP contribution in [0.1, 0.15) is 45.4 Å². The fourth-order valence-corrected chi connectivity index (χ4v) is 2.36. The van der Waals surface area contributed by atoms with Crippen LogP contribution >= 0.6 is 0 Å². The molecule has 4 nitrogen and oxygen atoms in total. The summed E-state index contributed by atoms with van der Waals surface area (Å²) in [4.78, 5) is 11.8. The van der Waals surface area contributed by atoms with E-state index >= 15 is 0 Å². The number of hydrogen-bond donors (Lipinski definition) is 1. The van der Waals surface area contributed by atoms with Gasteiger partial charge in [0.1, 0.15) is 13.2 Å². The molecule has 0 aromatic heterocycles. The predicted octanol–water partition coefficient (Wildman–Crippen LogP) is 4.31. The molecule has 0 saturated carbocycles. The maximum absolute atomic E-state index is 11.8. The Morgan fingerprint density at radius 2 is 1.91 bits per heavy atom. The number of fused-ring (bicyclic) bond motifs is 1. The molecule has 4 heteroatoms. The first-order valence-corrected chi connectivity index (χ1v) is 8.17. The lowest BCUT2D eigenvalue weighted by molar-refractivity contribution is -0.111. The highest BCUT2D eigenvalue weighted by Gasteiger charge is 2.12. The molecule has 1 N–H and O–H groups in total. The number of rotatable bonds is 8. The van der Waals surface area contributed by atoms with Crippen molar-refractivity contribution in [3.8, 4) is 11.5 Å². The van der Waals surface area contributed by atoms with Crippen LogP contribution < -0.4 is 14.8 Å². The smallest absolute Gasteiger partial charge is 0.248 e. The minimum absolute atomic E-state index is 0.106. The van der Waals surface area contributed by atoms with E-state index in [0.29, 0.717) is 19.0 Å². The van der Waals surface area contributed by atoms with Gasteiger partial charge in [0.25, 0.3) is 0 Å². The molecule has 1 aliphatic rings. The number of amides is 1. The summed E-state index contributed by atoms with van der Waals surface area (Å²) in [5.74, 6) is 1.31. The van der Waals surface area contributed by atoms with Crippen molar-refractivity contribution >= 4 is 11.6 Å². The van der Waals surface area contributed by atoms with Crippen molar-refractivity contribution in [3.05, 3.63) is 30.4 Å². The van der Waals surface area contributed by atoms with Crippen LogP contribution in [0.25, 0.3) is 0 Å². The summed E-state index contributed by atoms with van der Waals surface area (Å²) >= 11 is 0. The maximum atomic E-state index is 11.8. The van der Waals surface area contributed by atoms with Crippen LogP contribution in [0.2, 0.25) is 0 Å². The summed E-state index contributed by atoms with van der Waals surface area (Å²) in [7, 11) is 0. The molecule has 0 aliphatic carbocycles. The van der Waals surface area contributed by atoms with Gasteiger partial charge in [0, 0.05) is 11.8 Å². The number of carbonyl (C=O) groups is 1. The number of nitrogens with one attached hydrogen (secondary N) is 1. The Hall–Kier alpha value is -1.97. The van der Waals surface area contributed by atoms with Crippen LogP contribution in [0.4, 0.5) is 5.69 Å². The second-order valence-corrected chi connectivity index (χ2v) is 5.45. The third kappa shape index (κ3) is 5.43. The van der Waals surface area contributed by atoms with E-state index in [-0.39, 0.29) is 5.91 Å². The van der Waals surface area contributed by atoms with Gasteiger partial charge in [-0.05, 0) is 31.1 Å². The van der Waals surface area contributed by atoms with Crippen molar-refractivity contribution in [2.45, 2.75) is 45.4 Å². The molecule has 0 bridgehead atoms. The second-order valence-electron chi connectivity index (χ2n) is 5.45. The number of carbonyl (C=O) groups excluding carboxylic acids is 1. The summed E-state index contributed by atoms with van der Waals surface area (Å²) < 4.78 is 10.9. The predicted molar refractivity (Wildman–Crippen MR) is 88.6 cm³/mol. The molecule has 0 atom stereocenters. The normalized spacial score (nSPS) is 13.3. The molecule has 0 fully saturated rings. The zero-order chi connectivity index (χ0) is 15.6. The monoisotopic (exact) mass is 303 g/mol. The van der Waals surface area contributed by atoms with E-state index in [1.165, 1.54) is 25.7 Å². The largest absolute Gasteiger partial charge is 0.486 e. The van der Waals surface area contributed by atoms with Crippen LogP contribution in [0, 0.1) is 0 Å². The molecule has 0 saturated heterocycles. The molecule has 2 rings (SSSR count). The van der Waals surface area contributed by atoms with Gasteiger partial charge in [-0.25, -0.2) is 0 Å². The van der Waals surface area contributed by atoms with E-state index < -0.39 is 0 Å². The molecule has 1 amide bonds. The fraction of sp³-hybridized carbons (Fsp3) is 0.500. The minimum atomic E-state index is -0.106. The molecule has 1 aromatic rings. The highest BCUT2D eigenvalue weighted by atomic mass is 16.6. The number of benzene rings is 1. The molecule has 22 heavy (non-hydrogen) atoms. The molecule has 120 valence electrons. The van der Waals surface area contributed by atoms with Gasteiger partial charge in [0.05, 0.1) is 0 Å². The Kier molecular flexibility index (Phi) is 6.81. The summed E-state index contributed by atoms with van der Waals surface area (Å²) in [6, 6.07) is 5.44. The van der Waals surface area contributed by atoms with Gasteiger partial charge in [-0.15, -0.1) is 0 Å². The van der Waals surface area contributed by atoms with Gasteiger partial charge < -0.3 is 14.8 Å². The second kappa shape index (κ2) is 9.13. The zero-order valence-corrected chi connectivity index (χ0v) is 13.3. The Balaban J connectivity index is 1.72. The van der Waals surface area contributed by atoms with Gasteiger partial charge >= 0.3 is 0 Å². The standard InChI is InChI=1S/C18H25NO3/c1-2-3-4-5-6-7-8-9-18(20)19-15-10-11-16-17(14-15)22-13-12-21-16/h8-11,14H,2-7,12-13H2,1H3,(H,19,20)/b9-8+. The summed E-state index contributed by atoms with van der Waals surface area (Å²) in [5, 5.41) is 2.84. The lowest BCUT2D eigenvalue weighted by Gasteiger charge is -2.18. The quantitative estimate of drug-likeness (QED) is 0.575. The van der Waals surface area contributed by atoms with Gasteiger partial charge in [-0.2, -0.15) is 0 Å². The van der Waals surface area contributed by atoms with Crippen LogP contribution in [-0.2, 0) is 4.79 Å². The van der Waals surface area contributed by atoms with Gasteiger partial charge in [-0.1, -0.05) is 38.7 Å². The van der Waals surface area contributed by atoms with Crippen LogP contribution in [0.15, 0.2) is 30.4 Å². The molecule has 1 aromatic carbocycles. The average Bonchev–Trinajstić information content (AvgIpc) is 2.54. The highest BCUT2D eigenvalue weighted by molar-refractivity contribution is 5.99. The Labute approximate surface area is 132 Å². The van der Waals surface area contributed by atoms with Gasteiger partial charge in [0.2, 0.25) is 5.91 Å². The van der Waals surface area contributed by atoms with E-state index in [1.807, 2.05) is 18.2 Å². The van der Waals surface area contributed by atoms with E-state index in [4.69, 9.17) is 9.47 Å². The fourth-order valence-electron chi connectivity index (χ4n) is 2.36. The third-order valence-electron chi connectivity index (χ3n) is 3.55. The van der Waals surface area contributed by atoms with Crippen molar-refractivity contribution in [3.63, 3.8) is 0 Å². The molecule has 1 aliphatic heterocycles. The molecule has 0 unspecified atom stereocenters. The summed E-state index contributed by atoms with van der Waals surface area (Å²) in [6.45, 7) is 3.32. The Bertz CT molecular complexity index is 511.